The molecule has 1 aromatic heterocycles. The zero-order valence-corrected chi connectivity index (χ0v) is 32.6. The van der Waals surface area contributed by atoms with E-state index in [4.69, 9.17) is 5.73 Å². The maximum atomic E-state index is 5.35. The Kier molecular flexibility index (Phi) is 11.2. The van der Waals surface area contributed by atoms with Crippen molar-refractivity contribution < 1.29 is 0 Å². The van der Waals surface area contributed by atoms with Crippen molar-refractivity contribution in [3.05, 3.63) is 179 Å². The van der Waals surface area contributed by atoms with Crippen molar-refractivity contribution in [1.82, 2.24) is 5.32 Å². The summed E-state index contributed by atoms with van der Waals surface area (Å²) in [4.78, 5) is 4.33. The van der Waals surface area contributed by atoms with E-state index in [2.05, 4.69) is 148 Å². The minimum atomic E-state index is -0.132. The summed E-state index contributed by atoms with van der Waals surface area (Å²) in [5, 5.41) is 8.91. The molecule has 0 fully saturated rings. The van der Waals surface area contributed by atoms with Crippen LogP contribution in [0.4, 0.5) is 0 Å². The van der Waals surface area contributed by atoms with Gasteiger partial charge in [0.1, 0.15) is 6.17 Å². The van der Waals surface area contributed by atoms with Gasteiger partial charge in [0.2, 0.25) is 0 Å². The van der Waals surface area contributed by atoms with Gasteiger partial charge in [0.05, 0.1) is 0 Å². The van der Waals surface area contributed by atoms with E-state index in [1.165, 1.54) is 81.9 Å². The van der Waals surface area contributed by atoms with Crippen molar-refractivity contribution in [2.75, 3.05) is 0 Å². The lowest BCUT2D eigenvalue weighted by Gasteiger charge is -2.35. The van der Waals surface area contributed by atoms with Crippen LogP contribution in [0.2, 0.25) is 0 Å². The largest absolute Gasteiger partial charge is 0.326 e. The molecule has 0 saturated heterocycles. The molecule has 9 rings (SSSR count). The number of rotatable bonds is 7. The van der Waals surface area contributed by atoms with Crippen LogP contribution in [0.15, 0.2) is 157 Å². The molecular formula is C50H49N3S. The Morgan fingerprint density at radius 3 is 1.98 bits per heavy atom. The molecular weight excluding hydrogens is 675 g/mol. The van der Waals surface area contributed by atoms with Crippen LogP contribution in [0.3, 0.4) is 0 Å². The quantitative estimate of drug-likeness (QED) is 0.161. The molecule has 7 aromatic carbocycles. The Bertz CT molecular complexity index is 2530. The average molecular weight is 724 g/mol. The van der Waals surface area contributed by atoms with Crippen LogP contribution >= 0.6 is 11.3 Å². The van der Waals surface area contributed by atoms with Crippen LogP contribution in [0, 0.1) is 0 Å². The highest BCUT2D eigenvalue weighted by Gasteiger charge is 2.33. The maximum absolute atomic E-state index is 5.35. The molecule has 3 nitrogen and oxygen atoms in total. The highest BCUT2D eigenvalue weighted by atomic mass is 32.1. The Labute approximate surface area is 324 Å². The number of aliphatic imine (C=N–C) groups is 1. The fraction of sp³-hybridized carbons (Fsp3) is 0.180. The molecule has 1 heterocycles. The van der Waals surface area contributed by atoms with Crippen LogP contribution in [-0.2, 0) is 18.5 Å². The standard InChI is InChI=1S/C40H32N2S.C7H9N.C3H8/c1-40(2)34-17-8-7-13-28(34)30-21-20-27(29-14-10-18-35(40)37(29)30)31-15-9-16-32-33-23-25(19-22-36(33)43-38(31)32)24-42-39(41-3)26-11-5-4-6-12-26;8-6-7-4-2-1-3-5-7;1-3-2/h4-23,39,42H,3,24H2,1-2H3;1-5H,6,8H2;3H2,1-2H3. The van der Waals surface area contributed by atoms with E-state index in [1.54, 1.807) is 0 Å². The summed E-state index contributed by atoms with van der Waals surface area (Å²) < 4.78 is 2.65. The molecule has 54 heavy (non-hydrogen) atoms. The van der Waals surface area contributed by atoms with E-state index >= 15 is 0 Å². The number of benzene rings is 7. The van der Waals surface area contributed by atoms with Crippen LogP contribution in [-0.4, -0.2) is 6.72 Å². The summed E-state index contributed by atoms with van der Waals surface area (Å²) in [6.45, 7) is 14.2. The topological polar surface area (TPSA) is 50.4 Å². The molecule has 1 aliphatic rings. The Hall–Kier alpha value is -5.39. The van der Waals surface area contributed by atoms with Gasteiger partial charge in [0.25, 0.3) is 0 Å². The molecule has 0 amide bonds. The van der Waals surface area contributed by atoms with Gasteiger partial charge in [-0.15, -0.1) is 11.3 Å². The normalized spacial score (nSPS) is 13.0. The summed E-state index contributed by atoms with van der Waals surface area (Å²) in [6, 6.07) is 54.4. The van der Waals surface area contributed by atoms with Crippen molar-refractivity contribution >= 4 is 49.0 Å². The summed E-state index contributed by atoms with van der Waals surface area (Å²) in [7, 11) is 0. The van der Waals surface area contributed by atoms with Gasteiger partial charge >= 0.3 is 0 Å². The molecule has 270 valence electrons. The molecule has 4 heteroatoms. The van der Waals surface area contributed by atoms with Gasteiger partial charge in [-0.05, 0) is 74.1 Å². The minimum absolute atomic E-state index is 0.0591. The summed E-state index contributed by atoms with van der Waals surface area (Å²) >= 11 is 1.89. The van der Waals surface area contributed by atoms with Gasteiger partial charge in [0.15, 0.2) is 0 Å². The zero-order valence-electron chi connectivity index (χ0n) is 31.8. The summed E-state index contributed by atoms with van der Waals surface area (Å²) in [5.41, 5.74) is 16.9. The fourth-order valence-corrected chi connectivity index (χ4v) is 8.93. The molecule has 1 unspecified atom stereocenters. The second-order valence-electron chi connectivity index (χ2n) is 14.4. The van der Waals surface area contributed by atoms with E-state index in [0.717, 1.165) is 12.1 Å². The fourth-order valence-electron chi connectivity index (χ4n) is 7.71. The first-order valence-electron chi connectivity index (χ1n) is 19.0. The lowest BCUT2D eigenvalue weighted by Crippen LogP contribution is -2.23. The average Bonchev–Trinajstić information content (AvgIpc) is 3.60. The molecule has 1 atom stereocenters. The molecule has 8 aromatic rings. The zero-order chi connectivity index (χ0) is 37.7. The van der Waals surface area contributed by atoms with Crippen molar-refractivity contribution in [3.63, 3.8) is 0 Å². The number of nitrogens with zero attached hydrogens (tertiary/aromatic N) is 1. The van der Waals surface area contributed by atoms with E-state index in [0.29, 0.717) is 6.54 Å². The van der Waals surface area contributed by atoms with E-state index in [-0.39, 0.29) is 11.6 Å². The number of nitrogens with one attached hydrogen (secondary N) is 1. The minimum Gasteiger partial charge on any atom is -0.326 e. The first-order valence-corrected chi connectivity index (χ1v) is 19.8. The number of nitrogens with two attached hydrogens (primary N) is 1. The summed E-state index contributed by atoms with van der Waals surface area (Å²) in [5.74, 6) is 0. The van der Waals surface area contributed by atoms with Crippen molar-refractivity contribution in [2.24, 2.45) is 10.7 Å². The smallest absolute Gasteiger partial charge is 0.125 e. The Morgan fingerprint density at radius 1 is 0.630 bits per heavy atom. The van der Waals surface area contributed by atoms with Crippen LogP contribution in [0.25, 0.3) is 53.2 Å². The molecule has 0 bridgehead atoms. The van der Waals surface area contributed by atoms with E-state index < -0.39 is 0 Å². The van der Waals surface area contributed by atoms with E-state index in [9.17, 15) is 0 Å². The highest BCUT2D eigenvalue weighted by molar-refractivity contribution is 7.26. The molecule has 0 spiro atoms. The SMILES string of the molecule is C=NC(NCc1ccc2sc3c(-c4ccc5c6c(cccc46)C(C)(C)c4ccccc4-5)cccc3c2c1)c1ccccc1.CCC.NCc1ccccc1. The molecule has 0 aliphatic heterocycles. The van der Waals surface area contributed by atoms with Crippen LogP contribution in [0.1, 0.15) is 68.1 Å². The van der Waals surface area contributed by atoms with Crippen LogP contribution in [0.5, 0.6) is 0 Å². The lowest BCUT2D eigenvalue weighted by atomic mass is 9.68. The number of fused-ring (bicyclic) bond motifs is 5. The maximum Gasteiger partial charge on any atom is 0.125 e. The van der Waals surface area contributed by atoms with E-state index in [1.807, 2.05) is 59.9 Å². The predicted molar refractivity (Wildman–Crippen MR) is 236 cm³/mol. The van der Waals surface area contributed by atoms with Gasteiger partial charge in [0, 0.05) is 44.2 Å². The van der Waals surface area contributed by atoms with Gasteiger partial charge in [-0.25, -0.2) is 0 Å². The number of hydrogen-bond donors (Lipinski definition) is 2. The molecule has 1 aliphatic carbocycles. The Balaban J connectivity index is 0.000000357. The van der Waals surface area contributed by atoms with Crippen molar-refractivity contribution in [2.45, 2.75) is 58.8 Å². The lowest BCUT2D eigenvalue weighted by molar-refractivity contribution is 0.558. The highest BCUT2D eigenvalue weighted by Crippen LogP contribution is 2.51. The number of hydrogen-bond acceptors (Lipinski definition) is 4. The van der Waals surface area contributed by atoms with Crippen molar-refractivity contribution in [3.8, 4) is 22.3 Å². The third-order valence-electron chi connectivity index (χ3n) is 10.3. The Morgan fingerprint density at radius 2 is 1.26 bits per heavy atom. The number of thiophene rings is 1. The van der Waals surface area contributed by atoms with Crippen LogP contribution < -0.4 is 11.1 Å². The summed E-state index contributed by atoms with van der Waals surface area (Å²) in [6.07, 6.45) is 1.12. The van der Waals surface area contributed by atoms with Gasteiger partial charge < -0.3 is 5.73 Å². The molecule has 3 N–H and O–H groups in total. The van der Waals surface area contributed by atoms with Gasteiger partial charge in [-0.3, -0.25) is 10.3 Å². The van der Waals surface area contributed by atoms with Gasteiger partial charge in [-0.1, -0.05) is 174 Å². The third kappa shape index (κ3) is 7.13. The first kappa shape index (κ1) is 36.9. The second kappa shape index (κ2) is 16.3. The molecule has 0 saturated carbocycles. The second-order valence-corrected chi connectivity index (χ2v) is 15.5. The third-order valence-corrected chi connectivity index (χ3v) is 11.6. The first-order chi connectivity index (χ1) is 26.4. The monoisotopic (exact) mass is 723 g/mol. The predicted octanol–water partition coefficient (Wildman–Crippen LogP) is 13.2. The van der Waals surface area contributed by atoms with Gasteiger partial charge in [-0.2, -0.15) is 0 Å². The van der Waals surface area contributed by atoms with Crippen molar-refractivity contribution in [1.29, 1.82) is 0 Å². The molecule has 0 radical (unpaired) electrons.